The molecule has 0 aromatic heterocycles. The first kappa shape index (κ1) is 12.3. The minimum atomic E-state index is 0.631. The van der Waals surface area contributed by atoms with Gasteiger partial charge in [0.25, 0.3) is 0 Å². The van der Waals surface area contributed by atoms with E-state index in [4.69, 9.17) is 5.73 Å². The van der Waals surface area contributed by atoms with E-state index in [1.807, 2.05) is 0 Å². The van der Waals surface area contributed by atoms with Crippen LogP contribution in [-0.2, 0) is 6.42 Å². The van der Waals surface area contributed by atoms with Crippen molar-refractivity contribution < 1.29 is 0 Å². The minimum Gasteiger partial charge on any atom is -0.330 e. The molecule has 0 aliphatic heterocycles. The molecule has 0 amide bonds. The second-order valence-corrected chi connectivity index (χ2v) is 4.67. The zero-order valence-electron chi connectivity index (χ0n) is 10.4. The smallest absolute Gasteiger partial charge is 0.00514 e. The quantitative estimate of drug-likeness (QED) is 0.803. The molecule has 0 radical (unpaired) electrons. The number of nitrogens with two attached hydrogens (primary N) is 1. The number of aryl methyl sites for hydroxylation is 2. The second kappa shape index (κ2) is 5.32. The van der Waals surface area contributed by atoms with Crippen molar-refractivity contribution in [2.75, 3.05) is 6.54 Å². The topological polar surface area (TPSA) is 26.0 Å². The molecule has 1 heteroatoms. The Kier molecular flexibility index (Phi) is 4.34. The van der Waals surface area contributed by atoms with Gasteiger partial charge in [0, 0.05) is 0 Å². The molecule has 1 unspecified atom stereocenters. The maximum atomic E-state index is 5.63. The van der Waals surface area contributed by atoms with Crippen LogP contribution in [0, 0.1) is 26.7 Å². The number of hydrogen-bond donors (Lipinski definition) is 1. The molecule has 0 bridgehead atoms. The highest BCUT2D eigenvalue weighted by Crippen LogP contribution is 2.19. The molecule has 0 spiro atoms. The van der Waals surface area contributed by atoms with E-state index in [0.717, 1.165) is 13.0 Å². The van der Waals surface area contributed by atoms with Gasteiger partial charge >= 0.3 is 0 Å². The summed E-state index contributed by atoms with van der Waals surface area (Å²) in [6.07, 6.45) is 2.35. The normalized spacial score (nSPS) is 12.9. The van der Waals surface area contributed by atoms with Gasteiger partial charge in [-0.05, 0) is 68.3 Å². The predicted molar refractivity (Wildman–Crippen MR) is 67.2 cm³/mol. The average molecular weight is 205 g/mol. The average Bonchev–Trinajstić information content (AvgIpc) is 2.24. The molecule has 2 N–H and O–H groups in total. The van der Waals surface area contributed by atoms with Gasteiger partial charge in [-0.25, -0.2) is 0 Å². The standard InChI is InChI=1S/C14H23N/c1-10(9-15)5-7-14-8-6-11(2)12(3)13(14)4/h6,8,10H,5,7,9,15H2,1-4H3. The van der Waals surface area contributed by atoms with E-state index in [1.165, 1.54) is 28.7 Å². The van der Waals surface area contributed by atoms with Gasteiger partial charge in [-0.1, -0.05) is 19.1 Å². The minimum absolute atomic E-state index is 0.631. The van der Waals surface area contributed by atoms with Crippen molar-refractivity contribution in [3.63, 3.8) is 0 Å². The summed E-state index contributed by atoms with van der Waals surface area (Å²) in [6, 6.07) is 4.49. The van der Waals surface area contributed by atoms with E-state index in [9.17, 15) is 0 Å². The molecule has 15 heavy (non-hydrogen) atoms. The lowest BCUT2D eigenvalue weighted by atomic mass is 9.93. The molecule has 1 nitrogen and oxygen atoms in total. The molecule has 0 aliphatic carbocycles. The summed E-state index contributed by atoms with van der Waals surface area (Å²) in [5, 5.41) is 0. The highest BCUT2D eigenvalue weighted by Gasteiger charge is 2.05. The Bertz CT molecular complexity index is 328. The van der Waals surface area contributed by atoms with E-state index in [0.29, 0.717) is 5.92 Å². The van der Waals surface area contributed by atoms with Crippen molar-refractivity contribution in [3.8, 4) is 0 Å². The maximum Gasteiger partial charge on any atom is -0.00514 e. The first-order valence-corrected chi connectivity index (χ1v) is 5.82. The fourth-order valence-electron chi connectivity index (χ4n) is 1.80. The lowest BCUT2D eigenvalue weighted by molar-refractivity contribution is 0.544. The Morgan fingerprint density at radius 3 is 2.40 bits per heavy atom. The number of rotatable bonds is 4. The first-order valence-electron chi connectivity index (χ1n) is 5.82. The van der Waals surface area contributed by atoms with Crippen molar-refractivity contribution >= 4 is 0 Å². The van der Waals surface area contributed by atoms with E-state index >= 15 is 0 Å². The summed E-state index contributed by atoms with van der Waals surface area (Å²) < 4.78 is 0. The third-order valence-corrected chi connectivity index (χ3v) is 3.48. The third-order valence-electron chi connectivity index (χ3n) is 3.48. The van der Waals surface area contributed by atoms with E-state index < -0.39 is 0 Å². The van der Waals surface area contributed by atoms with Crippen LogP contribution in [-0.4, -0.2) is 6.54 Å². The second-order valence-electron chi connectivity index (χ2n) is 4.67. The molecular formula is C14H23N. The van der Waals surface area contributed by atoms with Gasteiger partial charge in [0.15, 0.2) is 0 Å². The van der Waals surface area contributed by atoms with Crippen LogP contribution >= 0.6 is 0 Å². The number of hydrogen-bond acceptors (Lipinski definition) is 1. The molecule has 84 valence electrons. The summed E-state index contributed by atoms with van der Waals surface area (Å²) in [5.74, 6) is 0.631. The molecule has 1 aromatic rings. The van der Waals surface area contributed by atoms with Gasteiger partial charge in [0.05, 0.1) is 0 Å². The summed E-state index contributed by atoms with van der Waals surface area (Å²) in [6.45, 7) is 9.63. The molecule has 0 saturated heterocycles. The summed E-state index contributed by atoms with van der Waals surface area (Å²) >= 11 is 0. The lowest BCUT2D eigenvalue weighted by Gasteiger charge is -2.13. The van der Waals surface area contributed by atoms with Gasteiger partial charge in [-0.2, -0.15) is 0 Å². The highest BCUT2D eigenvalue weighted by molar-refractivity contribution is 5.38. The molecule has 1 aromatic carbocycles. The molecule has 1 rings (SSSR count). The van der Waals surface area contributed by atoms with E-state index in [1.54, 1.807) is 0 Å². The van der Waals surface area contributed by atoms with Crippen LogP contribution in [0.3, 0.4) is 0 Å². The highest BCUT2D eigenvalue weighted by atomic mass is 14.5. The van der Waals surface area contributed by atoms with Crippen molar-refractivity contribution in [2.24, 2.45) is 11.7 Å². The fourth-order valence-corrected chi connectivity index (χ4v) is 1.80. The summed E-state index contributed by atoms with van der Waals surface area (Å²) in [5.41, 5.74) is 11.4. The molecule has 0 saturated carbocycles. The Morgan fingerprint density at radius 1 is 1.13 bits per heavy atom. The Labute approximate surface area is 93.7 Å². The van der Waals surface area contributed by atoms with E-state index in [2.05, 4.69) is 39.8 Å². The molecular weight excluding hydrogens is 182 g/mol. The molecule has 0 heterocycles. The van der Waals surface area contributed by atoms with Gasteiger partial charge in [0.1, 0.15) is 0 Å². The SMILES string of the molecule is Cc1ccc(CCC(C)CN)c(C)c1C. The van der Waals surface area contributed by atoms with Crippen molar-refractivity contribution in [2.45, 2.75) is 40.5 Å². The van der Waals surface area contributed by atoms with Gasteiger partial charge in [-0.15, -0.1) is 0 Å². The van der Waals surface area contributed by atoms with Gasteiger partial charge < -0.3 is 5.73 Å². The Hall–Kier alpha value is -0.820. The van der Waals surface area contributed by atoms with E-state index in [-0.39, 0.29) is 0 Å². The van der Waals surface area contributed by atoms with Crippen LogP contribution in [0.4, 0.5) is 0 Å². The monoisotopic (exact) mass is 205 g/mol. The zero-order chi connectivity index (χ0) is 11.4. The van der Waals surface area contributed by atoms with Gasteiger partial charge in [0.2, 0.25) is 0 Å². The fraction of sp³-hybridized carbons (Fsp3) is 0.571. The summed E-state index contributed by atoms with van der Waals surface area (Å²) in [7, 11) is 0. The lowest BCUT2D eigenvalue weighted by Crippen LogP contribution is -2.11. The third kappa shape index (κ3) is 3.07. The Balaban J connectivity index is 2.74. The number of benzene rings is 1. The van der Waals surface area contributed by atoms with Gasteiger partial charge in [-0.3, -0.25) is 0 Å². The van der Waals surface area contributed by atoms with Crippen molar-refractivity contribution in [1.29, 1.82) is 0 Å². The molecule has 1 atom stereocenters. The Morgan fingerprint density at radius 2 is 1.80 bits per heavy atom. The van der Waals surface area contributed by atoms with Crippen molar-refractivity contribution in [1.82, 2.24) is 0 Å². The van der Waals surface area contributed by atoms with Crippen LogP contribution in [0.1, 0.15) is 35.6 Å². The predicted octanol–water partition coefficient (Wildman–Crippen LogP) is 3.14. The van der Waals surface area contributed by atoms with Crippen LogP contribution in [0.25, 0.3) is 0 Å². The van der Waals surface area contributed by atoms with Crippen LogP contribution < -0.4 is 5.73 Å². The first-order chi connectivity index (χ1) is 7.06. The van der Waals surface area contributed by atoms with Crippen LogP contribution in [0.15, 0.2) is 12.1 Å². The zero-order valence-corrected chi connectivity index (χ0v) is 10.4. The molecule has 0 aliphatic rings. The van der Waals surface area contributed by atoms with Crippen molar-refractivity contribution in [3.05, 3.63) is 34.4 Å². The van der Waals surface area contributed by atoms with Crippen LogP contribution in [0.5, 0.6) is 0 Å². The maximum absolute atomic E-state index is 5.63. The van der Waals surface area contributed by atoms with Crippen LogP contribution in [0.2, 0.25) is 0 Å². The summed E-state index contributed by atoms with van der Waals surface area (Å²) in [4.78, 5) is 0. The molecule has 0 fully saturated rings. The largest absolute Gasteiger partial charge is 0.330 e.